The van der Waals surface area contributed by atoms with E-state index in [9.17, 15) is 4.79 Å². The topological polar surface area (TPSA) is 60.7 Å². The summed E-state index contributed by atoms with van der Waals surface area (Å²) in [6, 6.07) is 13.7. The number of fused-ring (bicyclic) bond motifs is 1. The molecule has 1 aliphatic rings. The lowest BCUT2D eigenvalue weighted by atomic mass is 10.2. The second-order valence-electron chi connectivity index (χ2n) is 5.61. The molecule has 0 radical (unpaired) electrons. The number of halogens is 2. The summed E-state index contributed by atoms with van der Waals surface area (Å²) in [7, 11) is 0. The fraction of sp³-hybridized carbons (Fsp3) is 0.105. The highest BCUT2D eigenvalue weighted by Crippen LogP contribution is 2.33. The van der Waals surface area contributed by atoms with Crippen LogP contribution >= 0.6 is 23.2 Å². The van der Waals surface area contributed by atoms with Gasteiger partial charge < -0.3 is 19.2 Å². The Hall–Kier alpha value is -2.63. The summed E-state index contributed by atoms with van der Waals surface area (Å²) in [6.07, 6.45) is 0. The van der Waals surface area contributed by atoms with Crippen molar-refractivity contribution in [1.82, 2.24) is 0 Å². The number of amides is 1. The Kier molecular flexibility index (Phi) is 4.49. The minimum absolute atomic E-state index is 0.181. The molecule has 2 aromatic carbocycles. The molecule has 0 spiro atoms. The Morgan fingerprint density at radius 2 is 1.69 bits per heavy atom. The molecule has 0 bridgehead atoms. The van der Waals surface area contributed by atoms with Gasteiger partial charge in [-0.3, -0.25) is 4.79 Å². The minimum Gasteiger partial charge on any atom is -0.486 e. The van der Waals surface area contributed by atoms with Crippen molar-refractivity contribution >= 4 is 34.8 Å². The summed E-state index contributed by atoms with van der Waals surface area (Å²) in [5.74, 6) is 1.60. The molecular weight excluding hydrogens is 377 g/mol. The summed E-state index contributed by atoms with van der Waals surface area (Å²) in [5, 5.41) is 3.65. The van der Waals surface area contributed by atoms with Crippen LogP contribution in [-0.2, 0) is 0 Å². The lowest BCUT2D eigenvalue weighted by Gasteiger charge is -2.18. The van der Waals surface area contributed by atoms with E-state index in [-0.39, 0.29) is 11.7 Å². The van der Waals surface area contributed by atoms with Crippen LogP contribution in [-0.4, -0.2) is 19.1 Å². The number of rotatable bonds is 3. The number of furan rings is 1. The highest BCUT2D eigenvalue weighted by molar-refractivity contribution is 6.42. The summed E-state index contributed by atoms with van der Waals surface area (Å²) < 4.78 is 16.6. The van der Waals surface area contributed by atoms with Gasteiger partial charge in [-0.05, 0) is 42.5 Å². The van der Waals surface area contributed by atoms with Crippen LogP contribution in [0.2, 0.25) is 10.0 Å². The molecule has 132 valence electrons. The maximum Gasteiger partial charge on any atom is 0.291 e. The standard InChI is InChI=1S/C19H13Cl2NO4/c20-13-3-1-11(9-14(13)21)15-5-6-17(26-15)19(23)22-12-2-4-16-18(10-12)25-8-7-24-16/h1-6,9-10H,7-8H2,(H,22,23). The SMILES string of the molecule is O=C(Nc1ccc2c(c1)OCCO2)c1ccc(-c2ccc(Cl)c(Cl)c2)o1. The maximum atomic E-state index is 12.4. The average Bonchev–Trinajstić information content (AvgIpc) is 3.14. The van der Waals surface area contributed by atoms with Crippen molar-refractivity contribution in [3.8, 4) is 22.8 Å². The number of hydrogen-bond acceptors (Lipinski definition) is 4. The van der Waals surface area contributed by atoms with E-state index in [0.717, 1.165) is 5.56 Å². The zero-order valence-electron chi connectivity index (χ0n) is 13.4. The lowest BCUT2D eigenvalue weighted by molar-refractivity contribution is 0.0997. The molecule has 0 fully saturated rings. The molecule has 2 heterocycles. The summed E-state index contributed by atoms with van der Waals surface area (Å²) in [4.78, 5) is 12.4. The van der Waals surface area contributed by atoms with Gasteiger partial charge in [-0.25, -0.2) is 0 Å². The number of hydrogen-bond donors (Lipinski definition) is 1. The molecule has 4 rings (SSSR count). The van der Waals surface area contributed by atoms with Crippen LogP contribution in [0.15, 0.2) is 52.9 Å². The molecule has 7 heteroatoms. The number of benzene rings is 2. The highest BCUT2D eigenvalue weighted by atomic mass is 35.5. The molecular formula is C19H13Cl2NO4. The first kappa shape index (κ1) is 16.8. The number of carbonyl (C=O) groups is 1. The van der Waals surface area contributed by atoms with Gasteiger partial charge in [0.1, 0.15) is 19.0 Å². The monoisotopic (exact) mass is 389 g/mol. The van der Waals surface area contributed by atoms with Gasteiger partial charge in [0.25, 0.3) is 5.91 Å². The predicted octanol–water partition coefficient (Wildman–Crippen LogP) is 5.28. The molecule has 1 N–H and O–H groups in total. The van der Waals surface area contributed by atoms with Crippen molar-refractivity contribution in [2.75, 3.05) is 18.5 Å². The van der Waals surface area contributed by atoms with Gasteiger partial charge in [-0.15, -0.1) is 0 Å². The van der Waals surface area contributed by atoms with Gasteiger partial charge >= 0.3 is 0 Å². The molecule has 0 atom stereocenters. The molecule has 0 saturated carbocycles. The third-order valence-electron chi connectivity index (χ3n) is 3.83. The van der Waals surface area contributed by atoms with Gasteiger partial charge in [0, 0.05) is 17.3 Å². The fourth-order valence-corrected chi connectivity index (χ4v) is 2.88. The Balaban J connectivity index is 1.52. The summed E-state index contributed by atoms with van der Waals surface area (Å²) in [5.41, 5.74) is 1.32. The number of ether oxygens (including phenoxy) is 2. The molecule has 3 aromatic rings. The van der Waals surface area contributed by atoms with E-state index in [4.69, 9.17) is 37.1 Å². The number of nitrogens with one attached hydrogen (secondary N) is 1. The Morgan fingerprint density at radius 1 is 0.885 bits per heavy atom. The second kappa shape index (κ2) is 6.94. The van der Waals surface area contributed by atoms with Crippen molar-refractivity contribution in [2.24, 2.45) is 0 Å². The first-order valence-electron chi connectivity index (χ1n) is 7.86. The van der Waals surface area contributed by atoms with Crippen LogP contribution in [0, 0.1) is 0 Å². The van der Waals surface area contributed by atoms with Gasteiger partial charge in [0.05, 0.1) is 10.0 Å². The third kappa shape index (κ3) is 3.36. The molecule has 1 aromatic heterocycles. The molecule has 26 heavy (non-hydrogen) atoms. The van der Waals surface area contributed by atoms with Gasteiger partial charge in [-0.1, -0.05) is 23.2 Å². The van der Waals surface area contributed by atoms with Crippen molar-refractivity contribution in [3.05, 3.63) is 64.3 Å². The quantitative estimate of drug-likeness (QED) is 0.661. The lowest BCUT2D eigenvalue weighted by Crippen LogP contribution is -2.16. The Morgan fingerprint density at radius 3 is 2.50 bits per heavy atom. The summed E-state index contributed by atoms with van der Waals surface area (Å²) in [6.45, 7) is 0.998. The predicted molar refractivity (Wildman–Crippen MR) is 99.5 cm³/mol. The van der Waals surface area contributed by atoms with E-state index < -0.39 is 0 Å². The van der Waals surface area contributed by atoms with Crippen molar-refractivity contribution < 1.29 is 18.7 Å². The molecule has 1 amide bonds. The van der Waals surface area contributed by atoms with E-state index in [0.29, 0.717) is 46.2 Å². The Labute approximate surface area is 159 Å². The molecule has 0 saturated heterocycles. The molecule has 0 aliphatic carbocycles. The fourth-order valence-electron chi connectivity index (χ4n) is 2.58. The van der Waals surface area contributed by atoms with Gasteiger partial charge in [0.15, 0.2) is 17.3 Å². The second-order valence-corrected chi connectivity index (χ2v) is 6.42. The minimum atomic E-state index is -0.368. The van der Waals surface area contributed by atoms with E-state index in [1.54, 1.807) is 48.5 Å². The van der Waals surface area contributed by atoms with Crippen molar-refractivity contribution in [1.29, 1.82) is 0 Å². The van der Waals surface area contributed by atoms with Crippen molar-refractivity contribution in [3.63, 3.8) is 0 Å². The number of carbonyl (C=O) groups excluding carboxylic acids is 1. The van der Waals surface area contributed by atoms with E-state index >= 15 is 0 Å². The third-order valence-corrected chi connectivity index (χ3v) is 4.57. The van der Waals surface area contributed by atoms with Gasteiger partial charge in [0.2, 0.25) is 0 Å². The zero-order valence-corrected chi connectivity index (χ0v) is 14.9. The zero-order chi connectivity index (χ0) is 18.1. The van der Waals surface area contributed by atoms with Crippen LogP contribution in [0.5, 0.6) is 11.5 Å². The Bertz CT molecular complexity index is 983. The van der Waals surface area contributed by atoms with Crippen LogP contribution in [0.4, 0.5) is 5.69 Å². The van der Waals surface area contributed by atoms with Crippen LogP contribution < -0.4 is 14.8 Å². The van der Waals surface area contributed by atoms with Crippen LogP contribution in [0.25, 0.3) is 11.3 Å². The highest BCUT2D eigenvalue weighted by Gasteiger charge is 2.16. The van der Waals surface area contributed by atoms with E-state index in [2.05, 4.69) is 5.32 Å². The normalized spacial score (nSPS) is 12.7. The van der Waals surface area contributed by atoms with Gasteiger partial charge in [-0.2, -0.15) is 0 Å². The number of anilines is 1. The smallest absolute Gasteiger partial charge is 0.291 e. The van der Waals surface area contributed by atoms with E-state index in [1.165, 1.54) is 0 Å². The van der Waals surface area contributed by atoms with E-state index in [1.807, 2.05) is 0 Å². The summed E-state index contributed by atoms with van der Waals surface area (Å²) >= 11 is 11.9. The van der Waals surface area contributed by atoms with Crippen LogP contribution in [0.3, 0.4) is 0 Å². The first-order valence-corrected chi connectivity index (χ1v) is 8.62. The maximum absolute atomic E-state index is 12.4. The molecule has 5 nitrogen and oxygen atoms in total. The first-order chi connectivity index (χ1) is 12.6. The molecule has 0 unspecified atom stereocenters. The molecule has 1 aliphatic heterocycles. The van der Waals surface area contributed by atoms with Crippen molar-refractivity contribution in [2.45, 2.75) is 0 Å². The van der Waals surface area contributed by atoms with Crippen LogP contribution in [0.1, 0.15) is 10.6 Å². The largest absolute Gasteiger partial charge is 0.486 e. The average molecular weight is 390 g/mol.